The molecule has 0 radical (unpaired) electrons. The zero-order valence-corrected chi connectivity index (χ0v) is 13.2. The smallest absolute Gasteiger partial charge is 0.253 e. The van der Waals surface area contributed by atoms with Crippen LogP contribution in [0.3, 0.4) is 0 Å². The minimum atomic E-state index is -0.153. The highest BCUT2D eigenvalue weighted by Crippen LogP contribution is 2.18. The quantitative estimate of drug-likeness (QED) is 0.915. The number of hydrogen-bond donors (Lipinski definition) is 1. The fourth-order valence-corrected chi connectivity index (χ4v) is 2.61. The Morgan fingerprint density at radius 3 is 2.78 bits per heavy atom. The van der Waals surface area contributed by atoms with Gasteiger partial charge in [-0.05, 0) is 36.6 Å². The third-order valence-corrected chi connectivity index (χ3v) is 3.90. The van der Waals surface area contributed by atoms with Crippen molar-refractivity contribution in [2.45, 2.75) is 19.4 Å². The van der Waals surface area contributed by atoms with E-state index < -0.39 is 0 Å². The molecule has 0 unspecified atom stereocenters. The molecule has 1 fully saturated rings. The van der Waals surface area contributed by atoms with Crippen LogP contribution in [0, 0.1) is 0 Å². The van der Waals surface area contributed by atoms with Crippen LogP contribution in [-0.4, -0.2) is 36.1 Å². The van der Waals surface area contributed by atoms with Gasteiger partial charge in [0.15, 0.2) is 0 Å². The SMILES string of the molecule is COc1ccc(C(=O)NCc2ccnc(N3CCCC3)c2)cn1. The van der Waals surface area contributed by atoms with Crippen LogP contribution in [0.5, 0.6) is 5.88 Å². The molecule has 23 heavy (non-hydrogen) atoms. The summed E-state index contributed by atoms with van der Waals surface area (Å²) < 4.78 is 4.99. The van der Waals surface area contributed by atoms with Gasteiger partial charge in [0.05, 0.1) is 12.7 Å². The summed E-state index contributed by atoms with van der Waals surface area (Å²) in [7, 11) is 1.55. The van der Waals surface area contributed by atoms with Gasteiger partial charge in [0.1, 0.15) is 5.82 Å². The largest absolute Gasteiger partial charge is 0.481 e. The van der Waals surface area contributed by atoms with Crippen LogP contribution in [0.2, 0.25) is 0 Å². The maximum absolute atomic E-state index is 12.1. The number of nitrogens with zero attached hydrogens (tertiary/aromatic N) is 3. The zero-order chi connectivity index (χ0) is 16.1. The third-order valence-electron chi connectivity index (χ3n) is 3.90. The van der Waals surface area contributed by atoms with Crippen molar-refractivity contribution < 1.29 is 9.53 Å². The van der Waals surface area contributed by atoms with Crippen molar-refractivity contribution in [3.8, 4) is 5.88 Å². The Hall–Kier alpha value is -2.63. The summed E-state index contributed by atoms with van der Waals surface area (Å²) in [6.45, 7) is 2.58. The van der Waals surface area contributed by atoms with Crippen molar-refractivity contribution in [1.82, 2.24) is 15.3 Å². The van der Waals surface area contributed by atoms with E-state index in [9.17, 15) is 4.79 Å². The Morgan fingerprint density at radius 1 is 1.26 bits per heavy atom. The molecule has 0 bridgehead atoms. The molecular weight excluding hydrogens is 292 g/mol. The molecule has 0 aliphatic carbocycles. The van der Waals surface area contributed by atoms with Crippen molar-refractivity contribution in [1.29, 1.82) is 0 Å². The number of rotatable bonds is 5. The molecule has 2 aromatic heterocycles. The van der Waals surface area contributed by atoms with E-state index in [1.54, 1.807) is 25.4 Å². The van der Waals surface area contributed by atoms with Crippen LogP contribution in [0.25, 0.3) is 0 Å². The number of carbonyl (C=O) groups is 1. The Balaban J connectivity index is 1.60. The Kier molecular flexibility index (Phi) is 4.71. The molecule has 6 nitrogen and oxygen atoms in total. The van der Waals surface area contributed by atoms with E-state index >= 15 is 0 Å². The molecule has 1 saturated heterocycles. The first kappa shape index (κ1) is 15.3. The van der Waals surface area contributed by atoms with Crippen LogP contribution in [0.15, 0.2) is 36.7 Å². The molecule has 1 aliphatic heterocycles. The van der Waals surface area contributed by atoms with Crippen LogP contribution < -0.4 is 15.0 Å². The van der Waals surface area contributed by atoms with Crippen LogP contribution in [-0.2, 0) is 6.54 Å². The molecule has 1 N–H and O–H groups in total. The van der Waals surface area contributed by atoms with Crippen LogP contribution in [0.1, 0.15) is 28.8 Å². The first-order valence-electron chi connectivity index (χ1n) is 7.74. The predicted molar refractivity (Wildman–Crippen MR) is 87.6 cm³/mol. The second-order valence-corrected chi connectivity index (χ2v) is 5.49. The van der Waals surface area contributed by atoms with Crippen LogP contribution in [0.4, 0.5) is 5.82 Å². The third kappa shape index (κ3) is 3.77. The maximum atomic E-state index is 12.1. The van der Waals surface area contributed by atoms with Gasteiger partial charge in [-0.1, -0.05) is 0 Å². The highest BCUT2D eigenvalue weighted by atomic mass is 16.5. The number of hydrogen-bond acceptors (Lipinski definition) is 5. The van der Waals surface area contributed by atoms with E-state index in [4.69, 9.17) is 4.74 Å². The fourth-order valence-electron chi connectivity index (χ4n) is 2.61. The van der Waals surface area contributed by atoms with Crippen molar-refractivity contribution in [2.24, 2.45) is 0 Å². The first-order valence-corrected chi connectivity index (χ1v) is 7.74. The highest BCUT2D eigenvalue weighted by Gasteiger charge is 2.14. The number of pyridine rings is 2. The second-order valence-electron chi connectivity index (χ2n) is 5.49. The second kappa shape index (κ2) is 7.09. The molecule has 0 saturated carbocycles. The lowest BCUT2D eigenvalue weighted by molar-refractivity contribution is 0.0950. The molecule has 0 atom stereocenters. The van der Waals surface area contributed by atoms with Gasteiger partial charge in [0.25, 0.3) is 5.91 Å². The Labute approximate surface area is 135 Å². The summed E-state index contributed by atoms with van der Waals surface area (Å²) in [4.78, 5) is 22.9. The first-order chi connectivity index (χ1) is 11.3. The molecule has 3 rings (SSSR count). The number of aromatic nitrogens is 2. The predicted octanol–water partition coefficient (Wildman–Crippen LogP) is 2.02. The van der Waals surface area contributed by atoms with Gasteiger partial charge in [-0.2, -0.15) is 0 Å². The minimum Gasteiger partial charge on any atom is -0.481 e. The van der Waals surface area contributed by atoms with Crippen molar-refractivity contribution >= 4 is 11.7 Å². The molecule has 1 amide bonds. The summed E-state index contributed by atoms with van der Waals surface area (Å²) in [6.07, 6.45) is 5.74. The summed E-state index contributed by atoms with van der Waals surface area (Å²) in [5.41, 5.74) is 1.55. The lowest BCUT2D eigenvalue weighted by Gasteiger charge is -2.17. The van der Waals surface area contributed by atoms with Crippen molar-refractivity contribution in [3.63, 3.8) is 0 Å². The van der Waals surface area contributed by atoms with Gasteiger partial charge in [0.2, 0.25) is 5.88 Å². The number of anilines is 1. The molecule has 6 heteroatoms. The van der Waals surface area contributed by atoms with E-state index in [1.807, 2.05) is 12.1 Å². The van der Waals surface area contributed by atoms with E-state index in [-0.39, 0.29) is 5.91 Å². The summed E-state index contributed by atoms with van der Waals surface area (Å²) >= 11 is 0. The van der Waals surface area contributed by atoms with Gasteiger partial charge in [-0.3, -0.25) is 4.79 Å². The molecule has 3 heterocycles. The van der Waals surface area contributed by atoms with Gasteiger partial charge in [0, 0.05) is 38.1 Å². The normalized spacial score (nSPS) is 13.9. The monoisotopic (exact) mass is 312 g/mol. The number of methoxy groups -OCH3 is 1. The lowest BCUT2D eigenvalue weighted by Crippen LogP contribution is -2.23. The number of ether oxygens (including phenoxy) is 1. The minimum absolute atomic E-state index is 0.153. The van der Waals surface area contributed by atoms with Gasteiger partial charge in [-0.25, -0.2) is 9.97 Å². The van der Waals surface area contributed by atoms with Crippen molar-refractivity contribution in [3.05, 3.63) is 47.8 Å². The average molecular weight is 312 g/mol. The number of amides is 1. The zero-order valence-electron chi connectivity index (χ0n) is 13.2. The Bertz CT molecular complexity index is 667. The van der Waals surface area contributed by atoms with E-state index in [1.165, 1.54) is 19.0 Å². The molecule has 2 aromatic rings. The topological polar surface area (TPSA) is 67.3 Å². The maximum Gasteiger partial charge on any atom is 0.253 e. The number of nitrogens with one attached hydrogen (secondary N) is 1. The fraction of sp³-hybridized carbons (Fsp3) is 0.353. The molecule has 120 valence electrons. The molecule has 0 spiro atoms. The van der Waals surface area contributed by atoms with Crippen LogP contribution >= 0.6 is 0 Å². The molecule has 1 aliphatic rings. The summed E-state index contributed by atoms with van der Waals surface area (Å²) in [5, 5.41) is 2.90. The lowest BCUT2D eigenvalue weighted by atomic mass is 10.2. The van der Waals surface area contributed by atoms with Gasteiger partial charge < -0.3 is 15.0 Å². The van der Waals surface area contributed by atoms with Crippen molar-refractivity contribution in [2.75, 3.05) is 25.1 Å². The van der Waals surface area contributed by atoms with E-state index in [0.717, 1.165) is 24.5 Å². The summed E-state index contributed by atoms with van der Waals surface area (Å²) in [6, 6.07) is 7.33. The molecular formula is C17H20N4O2. The standard InChI is InChI=1S/C17H20N4O2/c1-23-16-5-4-14(12-19-16)17(22)20-11-13-6-7-18-15(10-13)21-8-2-3-9-21/h4-7,10,12H,2-3,8-9,11H2,1H3,(H,20,22). The highest BCUT2D eigenvalue weighted by molar-refractivity contribution is 5.93. The van der Waals surface area contributed by atoms with Gasteiger partial charge >= 0.3 is 0 Å². The number of carbonyl (C=O) groups excluding carboxylic acids is 1. The molecule has 0 aromatic carbocycles. The van der Waals surface area contributed by atoms with Gasteiger partial charge in [-0.15, -0.1) is 0 Å². The average Bonchev–Trinajstić information content (AvgIpc) is 3.15. The summed E-state index contributed by atoms with van der Waals surface area (Å²) in [5.74, 6) is 1.32. The Morgan fingerprint density at radius 2 is 2.09 bits per heavy atom. The van der Waals surface area contributed by atoms with E-state index in [0.29, 0.717) is 18.0 Å². The van der Waals surface area contributed by atoms with E-state index in [2.05, 4.69) is 20.2 Å².